The van der Waals surface area contributed by atoms with Crippen LogP contribution in [0.2, 0.25) is 0 Å². The lowest BCUT2D eigenvalue weighted by Crippen LogP contribution is -2.12. The molecule has 16 heavy (non-hydrogen) atoms. The fourth-order valence-electron chi connectivity index (χ4n) is 1.23. The van der Waals surface area contributed by atoms with Gasteiger partial charge in [-0.1, -0.05) is 48.2 Å². The number of nitrogens with one attached hydrogen (secondary N) is 1. The molecule has 0 saturated carbocycles. The SMILES string of the molecule is CC(=O)SCC=Cc1ccccc1C(=N)N. The van der Waals surface area contributed by atoms with Crippen LogP contribution < -0.4 is 5.73 Å². The Balaban J connectivity index is 2.73. The summed E-state index contributed by atoms with van der Waals surface area (Å²) < 4.78 is 0. The topological polar surface area (TPSA) is 66.9 Å². The van der Waals surface area contributed by atoms with Crippen molar-refractivity contribution in [3.05, 3.63) is 41.5 Å². The molecule has 0 atom stereocenters. The summed E-state index contributed by atoms with van der Waals surface area (Å²) in [5.74, 6) is 0.696. The van der Waals surface area contributed by atoms with E-state index < -0.39 is 0 Å². The molecule has 1 aromatic rings. The van der Waals surface area contributed by atoms with E-state index in [-0.39, 0.29) is 11.0 Å². The van der Waals surface area contributed by atoms with Gasteiger partial charge in [0.1, 0.15) is 5.84 Å². The number of rotatable bonds is 4. The van der Waals surface area contributed by atoms with Gasteiger partial charge in [-0.3, -0.25) is 10.2 Å². The van der Waals surface area contributed by atoms with Crippen molar-refractivity contribution >= 4 is 28.8 Å². The van der Waals surface area contributed by atoms with Crippen LogP contribution >= 0.6 is 11.8 Å². The first-order valence-corrected chi connectivity index (χ1v) is 5.83. The van der Waals surface area contributed by atoms with Crippen LogP contribution in [-0.4, -0.2) is 16.7 Å². The number of hydrogen-bond donors (Lipinski definition) is 2. The van der Waals surface area contributed by atoms with Crippen LogP contribution in [0.1, 0.15) is 18.1 Å². The van der Waals surface area contributed by atoms with E-state index in [9.17, 15) is 4.79 Å². The van der Waals surface area contributed by atoms with E-state index >= 15 is 0 Å². The maximum atomic E-state index is 10.7. The molecule has 0 bridgehead atoms. The molecule has 0 aromatic heterocycles. The lowest BCUT2D eigenvalue weighted by atomic mass is 10.1. The second-order valence-corrected chi connectivity index (χ2v) is 4.40. The smallest absolute Gasteiger partial charge is 0.186 e. The summed E-state index contributed by atoms with van der Waals surface area (Å²) in [5, 5.41) is 7.51. The molecule has 3 nitrogen and oxygen atoms in total. The predicted octanol–water partition coefficient (Wildman–Crippen LogP) is 2.26. The van der Waals surface area contributed by atoms with Crippen LogP contribution in [0.3, 0.4) is 0 Å². The Kier molecular flexibility index (Phi) is 4.79. The van der Waals surface area contributed by atoms with Gasteiger partial charge >= 0.3 is 0 Å². The number of thioether (sulfide) groups is 1. The lowest BCUT2D eigenvalue weighted by molar-refractivity contribution is -0.109. The summed E-state index contributed by atoms with van der Waals surface area (Å²) in [7, 11) is 0. The van der Waals surface area contributed by atoms with Crippen molar-refractivity contribution in [2.45, 2.75) is 6.92 Å². The van der Waals surface area contributed by atoms with Gasteiger partial charge in [-0.15, -0.1) is 0 Å². The van der Waals surface area contributed by atoms with E-state index in [0.717, 1.165) is 5.56 Å². The summed E-state index contributed by atoms with van der Waals surface area (Å²) in [5.41, 5.74) is 7.07. The minimum Gasteiger partial charge on any atom is -0.384 e. The molecule has 0 aliphatic rings. The lowest BCUT2D eigenvalue weighted by Gasteiger charge is -2.02. The number of hydrogen-bond acceptors (Lipinski definition) is 3. The highest BCUT2D eigenvalue weighted by atomic mass is 32.2. The van der Waals surface area contributed by atoms with Crippen LogP contribution in [0.5, 0.6) is 0 Å². The van der Waals surface area contributed by atoms with Crippen molar-refractivity contribution in [1.29, 1.82) is 5.41 Å². The van der Waals surface area contributed by atoms with Gasteiger partial charge in [0.15, 0.2) is 5.12 Å². The van der Waals surface area contributed by atoms with Crippen LogP contribution in [0, 0.1) is 5.41 Å². The zero-order chi connectivity index (χ0) is 12.0. The first-order chi connectivity index (χ1) is 7.61. The third-order valence-corrected chi connectivity index (χ3v) is 2.70. The van der Waals surface area contributed by atoms with E-state index in [1.807, 2.05) is 30.4 Å². The standard InChI is InChI=1S/C12H14N2OS/c1-9(15)16-8-4-6-10-5-2-3-7-11(10)12(13)14/h2-7H,8H2,1H3,(H3,13,14). The van der Waals surface area contributed by atoms with E-state index in [1.165, 1.54) is 11.8 Å². The third-order valence-electron chi connectivity index (χ3n) is 1.93. The van der Waals surface area contributed by atoms with E-state index in [1.54, 1.807) is 13.0 Å². The zero-order valence-electron chi connectivity index (χ0n) is 9.07. The predicted molar refractivity (Wildman–Crippen MR) is 69.6 cm³/mol. The minimum atomic E-state index is 0.0551. The van der Waals surface area contributed by atoms with E-state index in [4.69, 9.17) is 11.1 Å². The van der Waals surface area contributed by atoms with Crippen LogP contribution in [0.25, 0.3) is 6.08 Å². The highest BCUT2D eigenvalue weighted by Crippen LogP contribution is 2.11. The Morgan fingerprint density at radius 2 is 2.19 bits per heavy atom. The summed E-state index contributed by atoms with van der Waals surface area (Å²) in [6.45, 7) is 1.54. The van der Waals surface area contributed by atoms with Gasteiger partial charge in [0.05, 0.1) is 0 Å². The summed E-state index contributed by atoms with van der Waals surface area (Å²) in [6.07, 6.45) is 3.78. The number of nitrogens with two attached hydrogens (primary N) is 1. The molecule has 0 spiro atoms. The molecule has 0 unspecified atom stereocenters. The van der Waals surface area contributed by atoms with Gasteiger partial charge in [0.25, 0.3) is 0 Å². The van der Waals surface area contributed by atoms with Crippen molar-refractivity contribution in [2.24, 2.45) is 5.73 Å². The molecule has 0 aliphatic heterocycles. The second kappa shape index (κ2) is 6.12. The molecule has 0 fully saturated rings. The Bertz CT molecular complexity index is 427. The van der Waals surface area contributed by atoms with Gasteiger partial charge < -0.3 is 5.73 Å². The molecule has 3 N–H and O–H groups in total. The molecular formula is C12H14N2OS. The largest absolute Gasteiger partial charge is 0.384 e. The first kappa shape index (κ1) is 12.5. The highest BCUT2D eigenvalue weighted by Gasteiger charge is 2.00. The zero-order valence-corrected chi connectivity index (χ0v) is 9.88. The van der Waals surface area contributed by atoms with Gasteiger partial charge in [-0.25, -0.2) is 0 Å². The molecule has 84 valence electrons. The van der Waals surface area contributed by atoms with E-state index in [2.05, 4.69) is 0 Å². The van der Waals surface area contributed by atoms with Gasteiger partial charge in [-0.2, -0.15) is 0 Å². The Hall–Kier alpha value is -1.55. The molecule has 0 aliphatic carbocycles. The molecule has 1 rings (SSSR count). The molecule has 0 amide bonds. The van der Waals surface area contributed by atoms with Crippen molar-refractivity contribution in [3.8, 4) is 0 Å². The van der Waals surface area contributed by atoms with Crippen molar-refractivity contribution in [3.63, 3.8) is 0 Å². The van der Waals surface area contributed by atoms with Crippen LogP contribution in [0.15, 0.2) is 30.3 Å². The quantitative estimate of drug-likeness (QED) is 0.620. The number of amidine groups is 1. The highest BCUT2D eigenvalue weighted by molar-refractivity contribution is 8.13. The van der Waals surface area contributed by atoms with Gasteiger partial charge in [-0.05, 0) is 5.56 Å². The molecule has 4 heteroatoms. The second-order valence-electron chi connectivity index (χ2n) is 3.21. The molecule has 0 heterocycles. The number of carbonyl (C=O) groups excluding carboxylic acids is 1. The molecule has 0 radical (unpaired) electrons. The molecule has 1 aromatic carbocycles. The van der Waals surface area contributed by atoms with E-state index in [0.29, 0.717) is 11.3 Å². The number of carbonyl (C=O) groups is 1. The van der Waals surface area contributed by atoms with Crippen molar-refractivity contribution < 1.29 is 4.79 Å². The van der Waals surface area contributed by atoms with Gasteiger partial charge in [0.2, 0.25) is 0 Å². The molecule has 0 saturated heterocycles. The normalized spacial score (nSPS) is 10.6. The Labute approximate surface area is 99.2 Å². The molecular weight excluding hydrogens is 220 g/mol. The van der Waals surface area contributed by atoms with Crippen LogP contribution in [0.4, 0.5) is 0 Å². The average Bonchev–Trinajstić information content (AvgIpc) is 2.24. The summed E-state index contributed by atoms with van der Waals surface area (Å²) in [4.78, 5) is 10.7. The van der Waals surface area contributed by atoms with Crippen molar-refractivity contribution in [2.75, 3.05) is 5.75 Å². The summed E-state index contributed by atoms with van der Waals surface area (Å²) >= 11 is 1.25. The van der Waals surface area contributed by atoms with Gasteiger partial charge in [0, 0.05) is 18.2 Å². The Morgan fingerprint density at radius 1 is 1.50 bits per heavy atom. The maximum Gasteiger partial charge on any atom is 0.186 e. The average molecular weight is 234 g/mol. The van der Waals surface area contributed by atoms with Crippen LogP contribution in [-0.2, 0) is 4.79 Å². The Morgan fingerprint density at radius 3 is 2.81 bits per heavy atom. The minimum absolute atomic E-state index is 0.0551. The monoisotopic (exact) mass is 234 g/mol. The maximum absolute atomic E-state index is 10.7. The van der Waals surface area contributed by atoms with Crippen molar-refractivity contribution in [1.82, 2.24) is 0 Å². The fourth-order valence-corrected chi connectivity index (χ4v) is 1.66. The summed E-state index contributed by atoms with van der Waals surface area (Å²) in [6, 6.07) is 7.44. The number of nitrogen functional groups attached to an aromatic ring is 1. The fraction of sp³-hybridized carbons (Fsp3) is 0.167. The number of benzene rings is 1. The third kappa shape index (κ3) is 3.90. The first-order valence-electron chi connectivity index (χ1n) is 4.84.